The van der Waals surface area contributed by atoms with Gasteiger partial charge in [-0.05, 0) is 47.9 Å². The Morgan fingerprint density at radius 3 is 2.71 bits per heavy atom. The Labute approximate surface area is 144 Å². The first kappa shape index (κ1) is 16.3. The lowest BCUT2D eigenvalue weighted by atomic mass is 10.1. The molecule has 1 N–H and O–H groups in total. The second-order valence-electron chi connectivity index (χ2n) is 5.27. The van der Waals surface area contributed by atoms with Crippen LogP contribution in [0.3, 0.4) is 0 Å². The Kier molecular flexibility index (Phi) is 5.28. The van der Waals surface area contributed by atoms with Gasteiger partial charge >= 0.3 is 0 Å². The molecule has 1 fully saturated rings. The number of nitrogens with zero attached hydrogens (tertiary/aromatic N) is 2. The number of amides is 1. The summed E-state index contributed by atoms with van der Waals surface area (Å²) < 4.78 is 5.80. The first-order valence-electron chi connectivity index (χ1n) is 7.52. The van der Waals surface area contributed by atoms with E-state index < -0.39 is 0 Å². The Morgan fingerprint density at radius 1 is 1.21 bits per heavy atom. The average molecular weight is 339 g/mol. The molecule has 122 valence electrons. The fraction of sp³-hybridized carbons (Fsp3) is 0.167. The molecule has 0 bridgehead atoms. The van der Waals surface area contributed by atoms with Crippen LogP contribution in [-0.4, -0.2) is 23.0 Å². The summed E-state index contributed by atoms with van der Waals surface area (Å²) in [6.45, 7) is 2.62. The van der Waals surface area contributed by atoms with Gasteiger partial charge in [-0.2, -0.15) is 5.10 Å². The number of aryl methyl sites for hydroxylation is 1. The van der Waals surface area contributed by atoms with Crippen LogP contribution >= 0.6 is 11.8 Å². The van der Waals surface area contributed by atoms with Crippen LogP contribution in [0.2, 0.25) is 0 Å². The molecule has 0 spiro atoms. The van der Waals surface area contributed by atoms with Crippen molar-refractivity contribution in [3.63, 3.8) is 0 Å². The number of carbonyl (C=O) groups excluding carboxylic acids is 1. The fourth-order valence-electron chi connectivity index (χ4n) is 2.11. The molecular formula is C18H17N3O2S. The van der Waals surface area contributed by atoms with E-state index in [1.807, 2.05) is 36.4 Å². The first-order chi connectivity index (χ1) is 11.7. The Balaban J connectivity index is 1.55. The van der Waals surface area contributed by atoms with Gasteiger partial charge in [0.2, 0.25) is 5.91 Å². The maximum atomic E-state index is 11.0. The van der Waals surface area contributed by atoms with Gasteiger partial charge in [0.05, 0.1) is 12.0 Å². The molecule has 1 amide bonds. The van der Waals surface area contributed by atoms with Crippen molar-refractivity contribution >= 4 is 29.1 Å². The van der Waals surface area contributed by atoms with Crippen molar-refractivity contribution in [2.75, 3.05) is 5.75 Å². The van der Waals surface area contributed by atoms with Crippen molar-refractivity contribution in [1.29, 1.82) is 0 Å². The number of benzene rings is 2. The molecule has 1 heterocycles. The lowest BCUT2D eigenvalue weighted by molar-refractivity contribution is -0.116. The van der Waals surface area contributed by atoms with Gasteiger partial charge in [0, 0.05) is 0 Å². The maximum absolute atomic E-state index is 11.0. The maximum Gasteiger partial charge on any atom is 0.236 e. The molecule has 1 saturated heterocycles. The molecule has 2 aromatic rings. The highest BCUT2D eigenvalue weighted by Crippen LogP contribution is 2.15. The quantitative estimate of drug-likeness (QED) is 0.672. The predicted molar refractivity (Wildman–Crippen MR) is 97.6 cm³/mol. The molecule has 3 rings (SSSR count). The molecule has 1 aliphatic rings. The van der Waals surface area contributed by atoms with Crippen molar-refractivity contribution in [3.8, 4) is 5.75 Å². The van der Waals surface area contributed by atoms with Crippen LogP contribution in [-0.2, 0) is 11.4 Å². The molecule has 6 heteroatoms. The zero-order valence-corrected chi connectivity index (χ0v) is 14.0. The Morgan fingerprint density at radius 2 is 2.00 bits per heavy atom. The number of carbonyl (C=O) groups is 1. The minimum absolute atomic E-state index is 0.0379. The highest BCUT2D eigenvalue weighted by atomic mass is 32.2. The third kappa shape index (κ3) is 4.45. The van der Waals surface area contributed by atoms with E-state index in [2.05, 4.69) is 34.6 Å². The molecule has 5 nitrogen and oxygen atoms in total. The normalized spacial score (nSPS) is 15.9. The molecule has 0 aliphatic carbocycles. The number of hydrogen-bond donors (Lipinski definition) is 1. The summed E-state index contributed by atoms with van der Waals surface area (Å²) in [4.78, 5) is 11.0. The third-order valence-corrected chi connectivity index (χ3v) is 4.34. The first-order valence-corrected chi connectivity index (χ1v) is 8.50. The van der Waals surface area contributed by atoms with Gasteiger partial charge < -0.3 is 10.1 Å². The predicted octanol–water partition coefficient (Wildman–Crippen LogP) is 3.13. The van der Waals surface area contributed by atoms with Crippen LogP contribution in [0.4, 0.5) is 0 Å². The van der Waals surface area contributed by atoms with Gasteiger partial charge in [-0.1, -0.05) is 36.0 Å². The van der Waals surface area contributed by atoms with Gasteiger partial charge in [-0.3, -0.25) is 4.79 Å². The lowest BCUT2D eigenvalue weighted by Gasteiger charge is -2.08. The second kappa shape index (κ2) is 7.79. The standard InChI is InChI=1S/C18H17N3O2S/c1-13-4-2-3-5-15(13)11-23-16-8-6-14(7-9-16)10-19-21-18-20-17(22)12-24-18/h2-10H,11-12H2,1H3,(H,20,21,22)/b19-10-. The second-order valence-corrected chi connectivity index (χ2v) is 6.23. The summed E-state index contributed by atoms with van der Waals surface area (Å²) in [6.07, 6.45) is 1.64. The van der Waals surface area contributed by atoms with Crippen LogP contribution in [0.1, 0.15) is 16.7 Å². The van der Waals surface area contributed by atoms with E-state index in [4.69, 9.17) is 4.74 Å². The van der Waals surface area contributed by atoms with Gasteiger partial charge in [-0.25, -0.2) is 0 Å². The lowest BCUT2D eigenvalue weighted by Crippen LogP contribution is -2.19. The number of thioether (sulfide) groups is 1. The Hall–Kier alpha value is -2.60. The molecule has 2 aromatic carbocycles. The van der Waals surface area contributed by atoms with E-state index in [1.54, 1.807) is 6.21 Å². The van der Waals surface area contributed by atoms with Crippen molar-refractivity contribution in [2.24, 2.45) is 10.2 Å². The van der Waals surface area contributed by atoms with E-state index in [1.165, 1.54) is 22.9 Å². The van der Waals surface area contributed by atoms with Gasteiger partial charge in [-0.15, -0.1) is 5.10 Å². The smallest absolute Gasteiger partial charge is 0.236 e. The summed E-state index contributed by atoms with van der Waals surface area (Å²) in [6, 6.07) is 15.8. The van der Waals surface area contributed by atoms with Gasteiger partial charge in [0.25, 0.3) is 0 Å². The topological polar surface area (TPSA) is 63.1 Å². The third-order valence-electron chi connectivity index (χ3n) is 3.48. The number of nitrogens with one attached hydrogen (secondary N) is 1. The van der Waals surface area contributed by atoms with Crippen molar-refractivity contribution in [2.45, 2.75) is 13.5 Å². The Bertz CT molecular complexity index is 785. The van der Waals surface area contributed by atoms with E-state index in [-0.39, 0.29) is 5.91 Å². The molecule has 0 unspecified atom stereocenters. The minimum Gasteiger partial charge on any atom is -0.489 e. The van der Waals surface area contributed by atoms with E-state index >= 15 is 0 Å². The zero-order chi connectivity index (χ0) is 16.8. The molecule has 0 saturated carbocycles. The highest BCUT2D eigenvalue weighted by Gasteiger charge is 2.15. The number of rotatable bonds is 5. The summed E-state index contributed by atoms with van der Waals surface area (Å²) in [5.74, 6) is 1.17. The average Bonchev–Trinajstić information content (AvgIpc) is 3.01. The summed E-state index contributed by atoms with van der Waals surface area (Å²) in [5.41, 5.74) is 3.31. The molecular weight excluding hydrogens is 322 g/mol. The molecule has 0 aromatic heterocycles. The molecule has 1 aliphatic heterocycles. The largest absolute Gasteiger partial charge is 0.489 e. The summed E-state index contributed by atoms with van der Waals surface area (Å²) in [5, 5.41) is 11.1. The van der Waals surface area contributed by atoms with E-state index in [9.17, 15) is 4.79 Å². The molecule has 24 heavy (non-hydrogen) atoms. The van der Waals surface area contributed by atoms with E-state index in [0.717, 1.165) is 11.3 Å². The minimum atomic E-state index is -0.0379. The van der Waals surface area contributed by atoms with Crippen LogP contribution in [0, 0.1) is 6.92 Å². The van der Waals surface area contributed by atoms with Gasteiger partial charge in [0.1, 0.15) is 12.4 Å². The summed E-state index contributed by atoms with van der Waals surface area (Å²) >= 11 is 1.35. The zero-order valence-electron chi connectivity index (χ0n) is 13.2. The monoisotopic (exact) mass is 339 g/mol. The summed E-state index contributed by atoms with van der Waals surface area (Å²) in [7, 11) is 0. The number of hydrogen-bond acceptors (Lipinski definition) is 5. The van der Waals surface area contributed by atoms with Crippen molar-refractivity contribution < 1.29 is 9.53 Å². The highest BCUT2D eigenvalue weighted by molar-refractivity contribution is 8.15. The number of ether oxygens (including phenoxy) is 1. The van der Waals surface area contributed by atoms with Crippen LogP contribution in [0.25, 0.3) is 0 Å². The van der Waals surface area contributed by atoms with Crippen LogP contribution in [0.5, 0.6) is 5.75 Å². The van der Waals surface area contributed by atoms with E-state index in [0.29, 0.717) is 17.5 Å². The van der Waals surface area contributed by atoms with Crippen LogP contribution < -0.4 is 10.1 Å². The molecule has 0 atom stereocenters. The van der Waals surface area contributed by atoms with Crippen molar-refractivity contribution in [3.05, 3.63) is 65.2 Å². The molecule has 0 radical (unpaired) electrons. The van der Waals surface area contributed by atoms with Gasteiger partial charge in [0.15, 0.2) is 5.17 Å². The number of amidine groups is 1. The SMILES string of the molecule is Cc1ccccc1COc1ccc(/C=N\N=C2NC(=O)CS2)cc1. The van der Waals surface area contributed by atoms with Crippen molar-refractivity contribution in [1.82, 2.24) is 5.32 Å². The van der Waals surface area contributed by atoms with Crippen LogP contribution in [0.15, 0.2) is 58.7 Å². The fourth-order valence-corrected chi connectivity index (χ4v) is 2.74.